The van der Waals surface area contributed by atoms with Gasteiger partial charge in [0.15, 0.2) is 0 Å². The number of unbranched alkanes of at least 4 members (excludes halogenated alkanes) is 4. The van der Waals surface area contributed by atoms with Crippen LogP contribution in [0.2, 0.25) is 0 Å². The van der Waals surface area contributed by atoms with E-state index in [2.05, 4.69) is 13.8 Å². The molecule has 0 heterocycles. The van der Waals surface area contributed by atoms with E-state index in [9.17, 15) is 0 Å². The third kappa shape index (κ3) is 12.0. The van der Waals surface area contributed by atoms with E-state index in [4.69, 9.17) is 14.6 Å². The van der Waals surface area contributed by atoms with Crippen LogP contribution in [0, 0.1) is 0 Å². The number of hydrogen-bond acceptors (Lipinski definition) is 3. The average Bonchev–Trinajstić information content (AvgIpc) is 2.28. The molecule has 3 heteroatoms. The number of aliphatic hydroxyl groups is 1. The maximum atomic E-state index is 8.50. The summed E-state index contributed by atoms with van der Waals surface area (Å²) in [6, 6.07) is 0. The van der Waals surface area contributed by atoms with Crippen LogP contribution >= 0.6 is 0 Å². The molecule has 0 fully saturated rings. The van der Waals surface area contributed by atoms with Gasteiger partial charge in [-0.3, -0.25) is 0 Å². The molecule has 0 aliphatic carbocycles. The van der Waals surface area contributed by atoms with Gasteiger partial charge in [0, 0.05) is 0 Å². The monoisotopic (exact) mass is 232 g/mol. The highest BCUT2D eigenvalue weighted by molar-refractivity contribution is 4.51. The first-order chi connectivity index (χ1) is 7.81. The summed E-state index contributed by atoms with van der Waals surface area (Å²) in [6.07, 6.45) is 8.06. The van der Waals surface area contributed by atoms with Crippen LogP contribution < -0.4 is 0 Å². The molecule has 0 aromatic heterocycles. The third-order valence-electron chi connectivity index (χ3n) is 2.58. The highest BCUT2D eigenvalue weighted by Crippen LogP contribution is 2.08. The molecule has 0 amide bonds. The summed E-state index contributed by atoms with van der Waals surface area (Å²) in [4.78, 5) is 0. The molecule has 0 saturated carbocycles. The van der Waals surface area contributed by atoms with Gasteiger partial charge in [0.2, 0.25) is 0 Å². The van der Waals surface area contributed by atoms with E-state index in [1.165, 1.54) is 32.1 Å². The maximum Gasteiger partial charge on any atom is 0.0704 e. The summed E-state index contributed by atoms with van der Waals surface area (Å²) < 4.78 is 10.7. The van der Waals surface area contributed by atoms with Gasteiger partial charge in [-0.15, -0.1) is 0 Å². The lowest BCUT2D eigenvalue weighted by atomic mass is 10.1. The summed E-state index contributed by atoms with van der Waals surface area (Å²) in [6.45, 7) is 6.07. The Kier molecular flexibility index (Phi) is 12.9. The van der Waals surface area contributed by atoms with Crippen LogP contribution in [0.5, 0.6) is 0 Å². The number of ether oxygens (including phenoxy) is 2. The second kappa shape index (κ2) is 12.9. The Morgan fingerprint density at radius 1 is 1.00 bits per heavy atom. The van der Waals surface area contributed by atoms with Gasteiger partial charge in [-0.25, -0.2) is 0 Å². The van der Waals surface area contributed by atoms with Crippen molar-refractivity contribution < 1.29 is 14.6 Å². The van der Waals surface area contributed by atoms with Crippen molar-refractivity contribution >= 4 is 0 Å². The quantitative estimate of drug-likeness (QED) is 0.526. The van der Waals surface area contributed by atoms with Gasteiger partial charge in [0.25, 0.3) is 0 Å². The minimum atomic E-state index is 0.0903. The van der Waals surface area contributed by atoms with Crippen LogP contribution in [0.25, 0.3) is 0 Å². The Morgan fingerprint density at radius 3 is 2.44 bits per heavy atom. The number of hydrogen-bond donors (Lipinski definition) is 1. The summed E-state index contributed by atoms with van der Waals surface area (Å²) in [5.41, 5.74) is 0. The number of rotatable bonds is 12. The summed E-state index contributed by atoms with van der Waals surface area (Å²) in [5, 5.41) is 8.50. The van der Waals surface area contributed by atoms with E-state index < -0.39 is 0 Å². The SMILES string of the molecule is CCCCCCCC(C)OCCOCCO. The Labute approximate surface area is 100 Å². The van der Waals surface area contributed by atoms with E-state index in [1.807, 2.05) is 0 Å². The van der Waals surface area contributed by atoms with Crippen molar-refractivity contribution in [3.05, 3.63) is 0 Å². The molecule has 0 rings (SSSR count). The van der Waals surface area contributed by atoms with Crippen LogP contribution in [-0.2, 0) is 9.47 Å². The molecule has 0 spiro atoms. The zero-order chi connectivity index (χ0) is 12.1. The molecule has 1 N–H and O–H groups in total. The van der Waals surface area contributed by atoms with E-state index in [1.54, 1.807) is 0 Å². The molecular weight excluding hydrogens is 204 g/mol. The van der Waals surface area contributed by atoms with E-state index in [0.29, 0.717) is 25.9 Å². The van der Waals surface area contributed by atoms with Crippen molar-refractivity contribution in [1.82, 2.24) is 0 Å². The van der Waals surface area contributed by atoms with Crippen LogP contribution in [-0.4, -0.2) is 37.6 Å². The van der Waals surface area contributed by atoms with E-state index in [0.717, 1.165) is 6.42 Å². The normalized spacial score (nSPS) is 12.9. The van der Waals surface area contributed by atoms with E-state index in [-0.39, 0.29) is 6.61 Å². The molecule has 0 aromatic rings. The summed E-state index contributed by atoms with van der Waals surface area (Å²) >= 11 is 0. The van der Waals surface area contributed by atoms with E-state index >= 15 is 0 Å². The lowest BCUT2D eigenvalue weighted by Gasteiger charge is -2.12. The molecule has 16 heavy (non-hydrogen) atoms. The molecule has 0 aromatic carbocycles. The molecule has 0 aliphatic heterocycles. The highest BCUT2D eigenvalue weighted by Gasteiger charge is 2.01. The van der Waals surface area contributed by atoms with Crippen molar-refractivity contribution in [1.29, 1.82) is 0 Å². The first-order valence-electron chi connectivity index (χ1n) is 6.61. The first-order valence-corrected chi connectivity index (χ1v) is 6.61. The zero-order valence-corrected chi connectivity index (χ0v) is 10.9. The molecule has 0 saturated heterocycles. The Balaban J connectivity index is 3.09. The largest absolute Gasteiger partial charge is 0.394 e. The third-order valence-corrected chi connectivity index (χ3v) is 2.58. The van der Waals surface area contributed by atoms with Crippen LogP contribution in [0.4, 0.5) is 0 Å². The molecule has 0 bridgehead atoms. The van der Waals surface area contributed by atoms with Gasteiger partial charge in [0.1, 0.15) is 0 Å². The van der Waals surface area contributed by atoms with Gasteiger partial charge in [-0.05, 0) is 13.3 Å². The molecule has 98 valence electrons. The fourth-order valence-corrected chi connectivity index (χ4v) is 1.59. The Hall–Kier alpha value is -0.120. The van der Waals surface area contributed by atoms with Gasteiger partial charge in [0.05, 0.1) is 32.5 Å². The first kappa shape index (κ1) is 15.9. The highest BCUT2D eigenvalue weighted by atomic mass is 16.5. The molecule has 0 radical (unpaired) electrons. The fourth-order valence-electron chi connectivity index (χ4n) is 1.59. The lowest BCUT2D eigenvalue weighted by Crippen LogP contribution is -2.13. The second-order valence-electron chi connectivity index (χ2n) is 4.22. The topological polar surface area (TPSA) is 38.7 Å². The summed E-state index contributed by atoms with van der Waals surface area (Å²) in [7, 11) is 0. The van der Waals surface area contributed by atoms with Crippen molar-refractivity contribution in [2.45, 2.75) is 58.5 Å². The molecule has 1 atom stereocenters. The van der Waals surface area contributed by atoms with Gasteiger partial charge < -0.3 is 14.6 Å². The second-order valence-corrected chi connectivity index (χ2v) is 4.22. The van der Waals surface area contributed by atoms with Crippen molar-refractivity contribution in [3.63, 3.8) is 0 Å². The average molecular weight is 232 g/mol. The maximum absolute atomic E-state index is 8.50. The molecular formula is C13H28O3. The minimum absolute atomic E-state index is 0.0903. The molecule has 1 unspecified atom stereocenters. The zero-order valence-electron chi connectivity index (χ0n) is 10.9. The standard InChI is InChI=1S/C13H28O3/c1-3-4-5-6-7-8-13(2)16-12-11-15-10-9-14/h13-14H,3-12H2,1-2H3. The predicted octanol–water partition coefficient (Wildman–Crippen LogP) is 2.76. The molecule has 3 nitrogen and oxygen atoms in total. The summed E-state index contributed by atoms with van der Waals surface area (Å²) in [5.74, 6) is 0. The van der Waals surface area contributed by atoms with Crippen LogP contribution in [0.1, 0.15) is 52.4 Å². The predicted molar refractivity (Wildman–Crippen MR) is 66.7 cm³/mol. The van der Waals surface area contributed by atoms with Crippen LogP contribution in [0.3, 0.4) is 0 Å². The fraction of sp³-hybridized carbons (Fsp3) is 1.00. The Morgan fingerprint density at radius 2 is 1.75 bits per heavy atom. The lowest BCUT2D eigenvalue weighted by molar-refractivity contribution is 0.000785. The van der Waals surface area contributed by atoms with Crippen molar-refractivity contribution in [2.24, 2.45) is 0 Å². The van der Waals surface area contributed by atoms with Gasteiger partial charge in [-0.1, -0.05) is 39.0 Å². The molecule has 0 aliphatic rings. The smallest absolute Gasteiger partial charge is 0.0704 e. The Bertz CT molecular complexity index is 114. The van der Waals surface area contributed by atoms with Gasteiger partial charge >= 0.3 is 0 Å². The van der Waals surface area contributed by atoms with Crippen molar-refractivity contribution in [2.75, 3.05) is 26.4 Å². The minimum Gasteiger partial charge on any atom is -0.394 e. The number of aliphatic hydroxyl groups excluding tert-OH is 1. The van der Waals surface area contributed by atoms with Crippen LogP contribution in [0.15, 0.2) is 0 Å². The van der Waals surface area contributed by atoms with Gasteiger partial charge in [-0.2, -0.15) is 0 Å². The van der Waals surface area contributed by atoms with Crippen molar-refractivity contribution in [3.8, 4) is 0 Å².